The van der Waals surface area contributed by atoms with Gasteiger partial charge in [-0.05, 0) is 50.2 Å². The van der Waals surface area contributed by atoms with Crippen LogP contribution in [0.25, 0.3) is 0 Å². The van der Waals surface area contributed by atoms with E-state index in [9.17, 15) is 4.79 Å². The van der Waals surface area contributed by atoms with E-state index in [0.717, 1.165) is 18.6 Å². The van der Waals surface area contributed by atoms with Crippen molar-refractivity contribution in [3.8, 4) is 0 Å². The Kier molecular flexibility index (Phi) is 2.90. The van der Waals surface area contributed by atoms with Gasteiger partial charge in [-0.15, -0.1) is 0 Å². The lowest BCUT2D eigenvalue weighted by Crippen LogP contribution is -2.45. The Balaban J connectivity index is 1.65. The van der Waals surface area contributed by atoms with Crippen molar-refractivity contribution in [3.05, 3.63) is 24.2 Å². The van der Waals surface area contributed by atoms with Crippen molar-refractivity contribution in [2.45, 2.75) is 38.3 Å². The minimum absolute atomic E-state index is 0.00108. The quantitative estimate of drug-likeness (QED) is 0.857. The Morgan fingerprint density at radius 2 is 2.28 bits per heavy atom. The Morgan fingerprint density at radius 3 is 2.89 bits per heavy atom. The van der Waals surface area contributed by atoms with Crippen LogP contribution < -0.4 is 11.1 Å². The maximum Gasteiger partial charge on any atom is 0.225 e. The van der Waals surface area contributed by atoms with Gasteiger partial charge in [-0.2, -0.15) is 0 Å². The summed E-state index contributed by atoms with van der Waals surface area (Å²) < 4.78 is 5.30. The second-order valence-electron chi connectivity index (χ2n) is 5.68. The number of carbonyl (C=O) groups is 1. The van der Waals surface area contributed by atoms with Crippen LogP contribution >= 0.6 is 0 Å². The van der Waals surface area contributed by atoms with E-state index in [2.05, 4.69) is 5.32 Å². The van der Waals surface area contributed by atoms with Crippen LogP contribution in [0.4, 0.5) is 0 Å². The van der Waals surface area contributed by atoms with Gasteiger partial charge in [0.1, 0.15) is 5.76 Å². The molecule has 0 spiro atoms. The molecule has 1 heterocycles. The molecule has 1 amide bonds. The molecule has 0 radical (unpaired) electrons. The Labute approximate surface area is 107 Å². The van der Waals surface area contributed by atoms with Crippen LogP contribution in [0.2, 0.25) is 0 Å². The summed E-state index contributed by atoms with van der Waals surface area (Å²) in [6.45, 7) is 1.94. The number of hydrogen-bond acceptors (Lipinski definition) is 3. The van der Waals surface area contributed by atoms with Crippen LogP contribution in [0.15, 0.2) is 22.8 Å². The average Bonchev–Trinajstić information content (AvgIpc) is 3.05. The molecule has 18 heavy (non-hydrogen) atoms. The Hall–Kier alpha value is -1.29. The molecule has 3 rings (SSSR count). The van der Waals surface area contributed by atoms with Crippen molar-refractivity contribution < 1.29 is 9.21 Å². The van der Waals surface area contributed by atoms with Crippen LogP contribution in [0.5, 0.6) is 0 Å². The maximum absolute atomic E-state index is 12.3. The molecular formula is C14H20N2O2. The molecule has 1 aromatic rings. The zero-order valence-corrected chi connectivity index (χ0v) is 10.6. The average molecular weight is 248 g/mol. The molecule has 4 heteroatoms. The number of fused-ring (bicyclic) bond motifs is 2. The molecule has 4 unspecified atom stereocenters. The SMILES string of the molecule is C[C@@H](NC(=O)C1C2CCC(C2)C1N)c1ccco1. The number of amides is 1. The summed E-state index contributed by atoms with van der Waals surface area (Å²) in [6, 6.07) is 3.68. The third-order valence-electron chi connectivity index (χ3n) is 4.61. The largest absolute Gasteiger partial charge is 0.467 e. The van der Waals surface area contributed by atoms with Gasteiger partial charge in [0.25, 0.3) is 0 Å². The summed E-state index contributed by atoms with van der Waals surface area (Å²) in [5, 5.41) is 3.03. The summed E-state index contributed by atoms with van der Waals surface area (Å²) >= 11 is 0. The molecule has 2 bridgehead atoms. The minimum atomic E-state index is -0.0844. The highest BCUT2D eigenvalue weighted by Crippen LogP contribution is 2.47. The van der Waals surface area contributed by atoms with Crippen molar-refractivity contribution in [2.24, 2.45) is 23.5 Å². The standard InChI is InChI=1S/C14H20N2O2/c1-8(11-3-2-6-18-11)16-14(17)12-9-4-5-10(7-9)13(12)15/h2-3,6,8-10,12-13H,4-5,7,15H2,1H3,(H,16,17)/t8-,9?,10?,12?,13?/m1/s1. The molecule has 3 N–H and O–H groups in total. The topological polar surface area (TPSA) is 68.3 Å². The zero-order chi connectivity index (χ0) is 12.7. The van der Waals surface area contributed by atoms with Gasteiger partial charge in [-0.25, -0.2) is 0 Å². The molecule has 5 atom stereocenters. The van der Waals surface area contributed by atoms with E-state index in [4.69, 9.17) is 10.2 Å². The number of hydrogen-bond donors (Lipinski definition) is 2. The summed E-state index contributed by atoms with van der Waals surface area (Å²) in [6.07, 6.45) is 5.12. The molecule has 0 aliphatic heterocycles. The van der Waals surface area contributed by atoms with Gasteiger partial charge < -0.3 is 15.5 Å². The predicted octanol–water partition coefficient (Wildman–Crippen LogP) is 1.83. The van der Waals surface area contributed by atoms with Crippen LogP contribution in [-0.4, -0.2) is 11.9 Å². The fourth-order valence-corrected chi connectivity index (χ4v) is 3.64. The first-order valence-electron chi connectivity index (χ1n) is 6.76. The van der Waals surface area contributed by atoms with Gasteiger partial charge in [0, 0.05) is 6.04 Å². The molecule has 98 valence electrons. The fraction of sp³-hybridized carbons (Fsp3) is 0.643. The van der Waals surface area contributed by atoms with Crippen LogP contribution in [0.1, 0.15) is 38.0 Å². The molecule has 2 fully saturated rings. The molecular weight excluding hydrogens is 228 g/mol. The fourth-order valence-electron chi connectivity index (χ4n) is 3.64. The van der Waals surface area contributed by atoms with E-state index < -0.39 is 0 Å². The third kappa shape index (κ3) is 1.85. The number of nitrogens with two attached hydrogens (primary N) is 1. The molecule has 0 saturated heterocycles. The first-order valence-corrected chi connectivity index (χ1v) is 6.76. The number of furan rings is 1. The van der Waals surface area contributed by atoms with Gasteiger partial charge >= 0.3 is 0 Å². The number of rotatable bonds is 3. The lowest BCUT2D eigenvalue weighted by Gasteiger charge is -2.28. The van der Waals surface area contributed by atoms with Crippen molar-refractivity contribution in [1.29, 1.82) is 0 Å². The lowest BCUT2D eigenvalue weighted by molar-refractivity contribution is -0.127. The van der Waals surface area contributed by atoms with Crippen LogP contribution in [0.3, 0.4) is 0 Å². The van der Waals surface area contributed by atoms with Crippen molar-refractivity contribution >= 4 is 5.91 Å². The summed E-state index contributed by atoms with van der Waals surface area (Å²) in [7, 11) is 0. The third-order valence-corrected chi connectivity index (χ3v) is 4.61. The van der Waals surface area contributed by atoms with Crippen molar-refractivity contribution in [3.63, 3.8) is 0 Å². The van der Waals surface area contributed by atoms with E-state index in [-0.39, 0.29) is 23.9 Å². The van der Waals surface area contributed by atoms with Crippen LogP contribution in [-0.2, 0) is 4.79 Å². The normalized spacial score (nSPS) is 35.7. The summed E-state index contributed by atoms with van der Waals surface area (Å²) in [5.74, 6) is 1.94. The molecule has 0 aromatic carbocycles. The van der Waals surface area contributed by atoms with Gasteiger partial charge in [-0.1, -0.05) is 0 Å². The van der Waals surface area contributed by atoms with E-state index in [1.165, 1.54) is 6.42 Å². The van der Waals surface area contributed by atoms with Crippen molar-refractivity contribution in [2.75, 3.05) is 0 Å². The van der Waals surface area contributed by atoms with E-state index >= 15 is 0 Å². The minimum Gasteiger partial charge on any atom is -0.467 e. The van der Waals surface area contributed by atoms with E-state index in [0.29, 0.717) is 11.8 Å². The van der Waals surface area contributed by atoms with Crippen LogP contribution in [0, 0.1) is 17.8 Å². The highest BCUT2D eigenvalue weighted by Gasteiger charge is 2.49. The summed E-state index contributed by atoms with van der Waals surface area (Å²) in [4.78, 5) is 12.3. The smallest absolute Gasteiger partial charge is 0.225 e. The highest BCUT2D eigenvalue weighted by molar-refractivity contribution is 5.80. The lowest BCUT2D eigenvalue weighted by atomic mass is 9.84. The summed E-state index contributed by atoms with van der Waals surface area (Å²) in [5.41, 5.74) is 6.18. The second-order valence-corrected chi connectivity index (χ2v) is 5.68. The predicted molar refractivity (Wildman–Crippen MR) is 67.6 cm³/mol. The van der Waals surface area contributed by atoms with Gasteiger partial charge in [-0.3, -0.25) is 4.79 Å². The Morgan fingerprint density at radius 1 is 1.50 bits per heavy atom. The first-order chi connectivity index (χ1) is 8.66. The van der Waals surface area contributed by atoms with Crippen molar-refractivity contribution in [1.82, 2.24) is 5.32 Å². The molecule has 2 aliphatic carbocycles. The van der Waals surface area contributed by atoms with Gasteiger partial charge in [0.15, 0.2) is 0 Å². The molecule has 2 aliphatic rings. The highest BCUT2D eigenvalue weighted by atomic mass is 16.3. The zero-order valence-electron chi connectivity index (χ0n) is 10.6. The second kappa shape index (κ2) is 4.43. The Bertz CT molecular complexity index is 427. The van der Waals surface area contributed by atoms with Gasteiger partial charge in [0.2, 0.25) is 5.91 Å². The first kappa shape index (κ1) is 11.8. The van der Waals surface area contributed by atoms with Gasteiger partial charge in [0.05, 0.1) is 18.2 Å². The number of nitrogens with one attached hydrogen (secondary N) is 1. The van der Waals surface area contributed by atoms with E-state index in [1.807, 2.05) is 19.1 Å². The molecule has 2 saturated carbocycles. The van der Waals surface area contributed by atoms with E-state index in [1.54, 1.807) is 6.26 Å². The molecule has 4 nitrogen and oxygen atoms in total. The maximum atomic E-state index is 12.3. The molecule has 1 aromatic heterocycles. The number of carbonyl (C=O) groups excluding carboxylic acids is 1. The monoisotopic (exact) mass is 248 g/mol.